The summed E-state index contributed by atoms with van der Waals surface area (Å²) in [5, 5.41) is 8.88. The minimum Gasteiger partial charge on any atom is -0.395 e. The smallest absolute Gasteiger partial charge is 0.288 e. The molecule has 104 valence electrons. The van der Waals surface area contributed by atoms with E-state index in [-0.39, 0.29) is 5.91 Å². The van der Waals surface area contributed by atoms with Crippen LogP contribution >= 0.6 is 0 Å². The number of hydrogen-bond acceptors (Lipinski definition) is 5. The molecule has 1 saturated heterocycles. The lowest BCUT2D eigenvalue weighted by molar-refractivity contribution is 0.0658. The number of nitrogen functional groups attached to an aromatic ring is 1. The summed E-state index contributed by atoms with van der Waals surface area (Å²) in [6.45, 7) is 3.54. The van der Waals surface area contributed by atoms with Crippen LogP contribution in [0.4, 0.5) is 5.69 Å². The number of anilines is 1. The second-order valence-electron chi connectivity index (χ2n) is 5.41. The van der Waals surface area contributed by atoms with Crippen molar-refractivity contribution in [2.24, 2.45) is 0 Å². The number of rotatable bonds is 3. The van der Waals surface area contributed by atoms with Crippen molar-refractivity contribution in [2.75, 3.05) is 39.0 Å². The lowest BCUT2D eigenvalue weighted by Gasteiger charge is -2.32. The Bertz CT molecular complexity index is 473. The Morgan fingerprint density at radius 2 is 2.05 bits per heavy atom. The van der Waals surface area contributed by atoms with Crippen LogP contribution in [0.2, 0.25) is 0 Å². The number of nitrogens with two attached hydrogens (primary N) is 1. The Morgan fingerprint density at radius 3 is 2.68 bits per heavy atom. The second kappa shape index (κ2) is 4.82. The van der Waals surface area contributed by atoms with Crippen LogP contribution in [-0.4, -0.2) is 59.2 Å². The van der Waals surface area contributed by atoms with Crippen molar-refractivity contribution in [1.29, 1.82) is 0 Å². The lowest BCUT2D eigenvalue weighted by atomic mass is 10.2. The number of carbonyl (C=O) groups excluding carboxylic acids is 1. The molecule has 0 bridgehead atoms. The summed E-state index contributed by atoms with van der Waals surface area (Å²) in [7, 11) is 2.08. The van der Waals surface area contributed by atoms with Gasteiger partial charge in [-0.05, 0) is 19.9 Å². The van der Waals surface area contributed by atoms with Crippen molar-refractivity contribution in [3.8, 4) is 0 Å². The van der Waals surface area contributed by atoms with Gasteiger partial charge in [0.25, 0.3) is 5.91 Å². The van der Waals surface area contributed by atoms with Crippen molar-refractivity contribution in [2.45, 2.75) is 18.8 Å². The monoisotopic (exact) mass is 264 g/mol. The first-order valence-corrected chi connectivity index (χ1v) is 6.73. The number of nitrogens with zero attached hydrogens (tertiary/aromatic N) is 3. The average Bonchev–Trinajstić information content (AvgIpc) is 3.15. The zero-order chi connectivity index (χ0) is 13.4. The van der Waals surface area contributed by atoms with Crippen molar-refractivity contribution in [3.63, 3.8) is 0 Å². The predicted molar refractivity (Wildman–Crippen MR) is 71.5 cm³/mol. The van der Waals surface area contributed by atoms with Gasteiger partial charge < -0.3 is 10.6 Å². The van der Waals surface area contributed by atoms with Crippen LogP contribution in [0.1, 0.15) is 34.9 Å². The topological polar surface area (TPSA) is 90.3 Å². The van der Waals surface area contributed by atoms with Gasteiger partial charge in [0, 0.05) is 32.1 Å². The first-order valence-electron chi connectivity index (χ1n) is 6.73. The maximum atomic E-state index is 12.1. The van der Waals surface area contributed by atoms with Crippen LogP contribution < -0.4 is 11.2 Å². The molecule has 4 N–H and O–H groups in total. The largest absolute Gasteiger partial charge is 0.395 e. The first kappa shape index (κ1) is 12.4. The zero-order valence-electron chi connectivity index (χ0n) is 11.1. The van der Waals surface area contributed by atoms with Gasteiger partial charge in [0.05, 0.1) is 11.4 Å². The number of aromatic nitrogens is 2. The maximum Gasteiger partial charge on any atom is 0.288 e. The van der Waals surface area contributed by atoms with Crippen LogP contribution in [0.25, 0.3) is 0 Å². The Hall–Kier alpha value is -1.60. The molecule has 1 aliphatic heterocycles. The number of H-pyrrole nitrogens is 1. The Labute approximate surface area is 112 Å². The average molecular weight is 264 g/mol. The van der Waals surface area contributed by atoms with Crippen LogP contribution in [0.5, 0.6) is 0 Å². The molecule has 7 heteroatoms. The molecule has 1 saturated carbocycles. The van der Waals surface area contributed by atoms with Crippen molar-refractivity contribution < 1.29 is 4.79 Å². The predicted octanol–water partition coefficient (Wildman–Crippen LogP) is -0.238. The van der Waals surface area contributed by atoms with Gasteiger partial charge in [0.15, 0.2) is 5.69 Å². The number of piperazine rings is 1. The number of amides is 1. The highest BCUT2D eigenvalue weighted by Crippen LogP contribution is 2.42. The molecule has 0 aromatic carbocycles. The minimum absolute atomic E-state index is 0.217. The zero-order valence-corrected chi connectivity index (χ0v) is 11.1. The number of aromatic amines is 1. The number of hydrogen-bond donors (Lipinski definition) is 3. The Kier molecular flexibility index (Phi) is 3.16. The number of carbonyl (C=O) groups is 1. The van der Waals surface area contributed by atoms with E-state index in [4.69, 9.17) is 5.73 Å². The lowest BCUT2D eigenvalue weighted by Crippen LogP contribution is -2.52. The molecular weight excluding hydrogens is 244 g/mol. The number of hydrazine groups is 1. The van der Waals surface area contributed by atoms with Gasteiger partial charge in [-0.25, -0.2) is 5.01 Å². The van der Waals surface area contributed by atoms with Crippen LogP contribution in [-0.2, 0) is 0 Å². The van der Waals surface area contributed by atoms with Gasteiger partial charge in [0.2, 0.25) is 0 Å². The second-order valence-corrected chi connectivity index (χ2v) is 5.41. The molecule has 0 unspecified atom stereocenters. The molecule has 1 aliphatic carbocycles. The third kappa shape index (κ3) is 2.57. The summed E-state index contributed by atoms with van der Waals surface area (Å²) in [5.41, 5.74) is 10.6. The molecule has 0 atom stereocenters. The van der Waals surface area contributed by atoms with Gasteiger partial charge in [-0.1, -0.05) is 0 Å². The summed E-state index contributed by atoms with van der Waals surface area (Å²) in [6, 6.07) is 0. The van der Waals surface area contributed by atoms with E-state index in [1.165, 1.54) is 0 Å². The fraction of sp³-hybridized carbons (Fsp3) is 0.667. The van der Waals surface area contributed by atoms with E-state index in [1.54, 1.807) is 0 Å². The summed E-state index contributed by atoms with van der Waals surface area (Å²) < 4.78 is 0. The standard InChI is InChI=1S/C12H20N6O/c1-17-4-6-18(7-5-17)16-12(19)11-9(13)10(14-15-11)8-2-3-8/h8H,2-7,13H2,1H3,(H,14,15)(H,16,19). The van der Waals surface area contributed by atoms with E-state index in [1.807, 2.05) is 5.01 Å². The molecule has 1 aromatic heterocycles. The molecule has 0 radical (unpaired) electrons. The van der Waals surface area contributed by atoms with E-state index in [2.05, 4.69) is 27.6 Å². The van der Waals surface area contributed by atoms with Crippen molar-refractivity contribution in [1.82, 2.24) is 25.5 Å². The summed E-state index contributed by atoms with van der Waals surface area (Å²) in [5.74, 6) is 0.253. The first-order chi connectivity index (χ1) is 9.15. The van der Waals surface area contributed by atoms with E-state index < -0.39 is 0 Å². The highest BCUT2D eigenvalue weighted by atomic mass is 16.2. The van der Waals surface area contributed by atoms with Crippen LogP contribution in [0.15, 0.2) is 0 Å². The maximum absolute atomic E-state index is 12.1. The highest BCUT2D eigenvalue weighted by Gasteiger charge is 2.30. The molecule has 19 heavy (non-hydrogen) atoms. The Morgan fingerprint density at radius 1 is 1.37 bits per heavy atom. The number of nitrogens with one attached hydrogen (secondary N) is 2. The minimum atomic E-state index is -0.217. The molecule has 3 rings (SSSR count). The fourth-order valence-electron chi connectivity index (χ4n) is 2.34. The quantitative estimate of drug-likeness (QED) is 0.701. The summed E-state index contributed by atoms with van der Waals surface area (Å²) in [4.78, 5) is 14.4. The van der Waals surface area contributed by atoms with Gasteiger partial charge in [-0.15, -0.1) is 0 Å². The van der Waals surface area contributed by atoms with E-state index in [9.17, 15) is 4.79 Å². The molecule has 0 spiro atoms. The van der Waals surface area contributed by atoms with Crippen LogP contribution in [0, 0.1) is 0 Å². The van der Waals surface area contributed by atoms with E-state index in [0.29, 0.717) is 17.3 Å². The molecule has 1 amide bonds. The van der Waals surface area contributed by atoms with Crippen LogP contribution in [0.3, 0.4) is 0 Å². The normalized spacial score (nSPS) is 21.5. The molecule has 2 fully saturated rings. The van der Waals surface area contributed by atoms with E-state index >= 15 is 0 Å². The molecule has 7 nitrogen and oxygen atoms in total. The highest BCUT2D eigenvalue weighted by molar-refractivity contribution is 5.97. The molecule has 2 aliphatic rings. The van der Waals surface area contributed by atoms with Gasteiger partial charge in [0.1, 0.15) is 0 Å². The van der Waals surface area contributed by atoms with Gasteiger partial charge in [-0.3, -0.25) is 15.3 Å². The Balaban J connectivity index is 1.63. The van der Waals surface area contributed by atoms with Crippen molar-refractivity contribution in [3.05, 3.63) is 11.4 Å². The molecular formula is C12H20N6O. The van der Waals surface area contributed by atoms with Crippen molar-refractivity contribution >= 4 is 11.6 Å². The molecule has 2 heterocycles. The van der Waals surface area contributed by atoms with Gasteiger partial charge >= 0.3 is 0 Å². The van der Waals surface area contributed by atoms with Gasteiger partial charge in [-0.2, -0.15) is 5.10 Å². The third-order valence-electron chi connectivity index (χ3n) is 3.80. The number of likely N-dealkylation sites (N-methyl/N-ethyl adjacent to an activating group) is 1. The fourth-order valence-corrected chi connectivity index (χ4v) is 2.34. The third-order valence-corrected chi connectivity index (χ3v) is 3.80. The summed E-state index contributed by atoms with van der Waals surface area (Å²) >= 11 is 0. The summed E-state index contributed by atoms with van der Waals surface area (Å²) in [6.07, 6.45) is 2.26. The van der Waals surface area contributed by atoms with E-state index in [0.717, 1.165) is 44.7 Å². The SMILES string of the molecule is CN1CCN(NC(=O)c2n[nH]c(C3CC3)c2N)CC1. The molecule has 1 aromatic rings.